The van der Waals surface area contributed by atoms with Crippen LogP contribution in [-0.2, 0) is 6.54 Å². The smallest absolute Gasteiger partial charge is 0.231 e. The number of nitrogens with one attached hydrogen (secondary N) is 1. The SMILES string of the molecule is CC(CNCc1csc(-c2ccc3c(c2)OCO3)n1)N1CCN(C)CC1. The van der Waals surface area contributed by atoms with Crippen molar-refractivity contribution in [2.24, 2.45) is 0 Å². The molecule has 4 rings (SSSR count). The Morgan fingerprint density at radius 1 is 1.19 bits per heavy atom. The van der Waals surface area contributed by atoms with Gasteiger partial charge in [0.15, 0.2) is 11.5 Å². The highest BCUT2D eigenvalue weighted by Gasteiger charge is 2.19. The summed E-state index contributed by atoms with van der Waals surface area (Å²) in [4.78, 5) is 9.72. The first-order valence-corrected chi connectivity index (χ1v) is 10.0. The molecule has 0 aliphatic carbocycles. The highest BCUT2D eigenvalue weighted by Crippen LogP contribution is 2.36. The average molecular weight is 375 g/mol. The number of hydrogen-bond acceptors (Lipinski definition) is 7. The Kier molecular flexibility index (Phi) is 5.40. The summed E-state index contributed by atoms with van der Waals surface area (Å²) in [7, 11) is 2.19. The van der Waals surface area contributed by atoms with Crippen LogP contribution in [0.5, 0.6) is 11.5 Å². The molecule has 0 amide bonds. The number of benzene rings is 1. The van der Waals surface area contributed by atoms with Crippen LogP contribution in [0, 0.1) is 0 Å². The molecular weight excluding hydrogens is 348 g/mol. The summed E-state index contributed by atoms with van der Waals surface area (Å²) in [5, 5.41) is 6.71. The molecule has 7 heteroatoms. The minimum atomic E-state index is 0.303. The molecule has 0 spiro atoms. The molecule has 1 aromatic carbocycles. The van der Waals surface area contributed by atoms with Crippen molar-refractivity contribution >= 4 is 11.3 Å². The molecule has 1 atom stereocenters. The molecule has 1 N–H and O–H groups in total. The zero-order valence-electron chi connectivity index (χ0n) is 15.4. The van der Waals surface area contributed by atoms with Crippen molar-refractivity contribution < 1.29 is 9.47 Å². The largest absolute Gasteiger partial charge is 0.454 e. The van der Waals surface area contributed by atoms with Crippen LogP contribution < -0.4 is 14.8 Å². The molecular formula is C19H26N4O2S. The van der Waals surface area contributed by atoms with Gasteiger partial charge >= 0.3 is 0 Å². The molecule has 1 aromatic heterocycles. The fourth-order valence-electron chi connectivity index (χ4n) is 3.35. The topological polar surface area (TPSA) is 49.9 Å². The van der Waals surface area contributed by atoms with E-state index in [-0.39, 0.29) is 0 Å². The van der Waals surface area contributed by atoms with Crippen LogP contribution in [-0.4, -0.2) is 67.4 Å². The van der Waals surface area contributed by atoms with Gasteiger partial charge in [-0.3, -0.25) is 4.90 Å². The van der Waals surface area contributed by atoms with Gasteiger partial charge < -0.3 is 19.7 Å². The average Bonchev–Trinajstić information content (AvgIpc) is 3.30. The molecule has 1 unspecified atom stereocenters. The van der Waals surface area contributed by atoms with E-state index < -0.39 is 0 Å². The fourth-order valence-corrected chi connectivity index (χ4v) is 4.17. The lowest BCUT2D eigenvalue weighted by atomic mass is 10.2. The summed E-state index contributed by atoms with van der Waals surface area (Å²) in [6.07, 6.45) is 0. The number of rotatable bonds is 6. The van der Waals surface area contributed by atoms with Crippen molar-refractivity contribution in [1.82, 2.24) is 20.1 Å². The van der Waals surface area contributed by atoms with E-state index in [2.05, 4.69) is 34.5 Å². The number of likely N-dealkylation sites (N-methyl/N-ethyl adjacent to an activating group) is 1. The minimum absolute atomic E-state index is 0.303. The first kappa shape index (κ1) is 17.7. The van der Waals surface area contributed by atoms with Gasteiger partial charge in [-0.1, -0.05) is 0 Å². The van der Waals surface area contributed by atoms with Crippen molar-refractivity contribution in [3.05, 3.63) is 29.3 Å². The van der Waals surface area contributed by atoms with E-state index in [0.29, 0.717) is 12.8 Å². The van der Waals surface area contributed by atoms with E-state index >= 15 is 0 Å². The van der Waals surface area contributed by atoms with E-state index in [4.69, 9.17) is 14.5 Å². The van der Waals surface area contributed by atoms with Crippen LogP contribution in [0.1, 0.15) is 12.6 Å². The Bertz CT molecular complexity index is 743. The standard InChI is InChI=1S/C19H26N4O2S/c1-14(23-7-5-22(2)6-8-23)10-20-11-16-12-26-19(21-16)15-3-4-17-18(9-15)25-13-24-17/h3-4,9,12,14,20H,5-8,10-11,13H2,1-2H3. The summed E-state index contributed by atoms with van der Waals surface area (Å²) < 4.78 is 10.8. The molecule has 140 valence electrons. The second-order valence-electron chi connectivity index (χ2n) is 7.03. The molecule has 2 aliphatic rings. The minimum Gasteiger partial charge on any atom is -0.454 e. The summed E-state index contributed by atoms with van der Waals surface area (Å²) in [5.41, 5.74) is 2.17. The summed E-state index contributed by atoms with van der Waals surface area (Å²) >= 11 is 1.67. The molecule has 6 nitrogen and oxygen atoms in total. The fraction of sp³-hybridized carbons (Fsp3) is 0.526. The van der Waals surface area contributed by atoms with Gasteiger partial charge in [0, 0.05) is 56.3 Å². The Labute approximate surface area is 158 Å². The number of hydrogen-bond donors (Lipinski definition) is 1. The van der Waals surface area contributed by atoms with Crippen molar-refractivity contribution in [3.8, 4) is 22.1 Å². The number of thiazole rings is 1. The highest BCUT2D eigenvalue weighted by molar-refractivity contribution is 7.13. The number of nitrogens with zero attached hydrogens (tertiary/aromatic N) is 3. The van der Waals surface area contributed by atoms with Gasteiger partial charge in [0.2, 0.25) is 6.79 Å². The second kappa shape index (κ2) is 7.92. The number of aromatic nitrogens is 1. The van der Waals surface area contributed by atoms with Crippen LogP contribution in [0.25, 0.3) is 10.6 Å². The highest BCUT2D eigenvalue weighted by atomic mass is 32.1. The van der Waals surface area contributed by atoms with E-state index in [1.54, 1.807) is 11.3 Å². The Balaban J connectivity index is 1.29. The van der Waals surface area contributed by atoms with Gasteiger partial charge in [-0.05, 0) is 32.2 Å². The van der Waals surface area contributed by atoms with E-state index in [1.807, 2.05) is 18.2 Å². The zero-order valence-corrected chi connectivity index (χ0v) is 16.2. The van der Waals surface area contributed by atoms with Gasteiger partial charge in [0.05, 0.1) is 5.69 Å². The maximum absolute atomic E-state index is 5.46. The molecule has 1 saturated heterocycles. The van der Waals surface area contributed by atoms with E-state index in [0.717, 1.165) is 67.0 Å². The first-order chi connectivity index (χ1) is 12.7. The lowest BCUT2D eigenvalue weighted by Gasteiger charge is -2.36. The van der Waals surface area contributed by atoms with Gasteiger partial charge in [0.1, 0.15) is 5.01 Å². The molecule has 2 aromatic rings. The van der Waals surface area contributed by atoms with Crippen LogP contribution in [0.3, 0.4) is 0 Å². The van der Waals surface area contributed by atoms with Crippen molar-refractivity contribution in [1.29, 1.82) is 0 Å². The molecule has 0 bridgehead atoms. The molecule has 2 aliphatic heterocycles. The van der Waals surface area contributed by atoms with Gasteiger partial charge in [0.25, 0.3) is 0 Å². The maximum atomic E-state index is 5.46. The number of piperazine rings is 1. The maximum Gasteiger partial charge on any atom is 0.231 e. The molecule has 3 heterocycles. The number of fused-ring (bicyclic) bond motifs is 1. The third-order valence-corrected chi connectivity index (χ3v) is 6.02. The Morgan fingerprint density at radius 2 is 2.00 bits per heavy atom. The van der Waals surface area contributed by atoms with E-state index in [9.17, 15) is 0 Å². The van der Waals surface area contributed by atoms with Crippen LogP contribution in [0.4, 0.5) is 0 Å². The summed E-state index contributed by atoms with van der Waals surface area (Å²) in [5.74, 6) is 1.61. The third-order valence-electron chi connectivity index (χ3n) is 5.08. The number of ether oxygens (including phenoxy) is 2. The lowest BCUT2D eigenvalue weighted by molar-refractivity contribution is 0.117. The summed E-state index contributed by atoms with van der Waals surface area (Å²) in [6.45, 7) is 9.04. The first-order valence-electron chi connectivity index (χ1n) is 9.17. The quantitative estimate of drug-likeness (QED) is 0.837. The second-order valence-corrected chi connectivity index (χ2v) is 7.89. The van der Waals surface area contributed by atoms with Crippen LogP contribution in [0.2, 0.25) is 0 Å². The Morgan fingerprint density at radius 3 is 2.85 bits per heavy atom. The molecule has 26 heavy (non-hydrogen) atoms. The Hall–Kier alpha value is -1.67. The molecule has 0 saturated carbocycles. The lowest BCUT2D eigenvalue weighted by Crippen LogP contribution is -2.50. The van der Waals surface area contributed by atoms with Crippen molar-refractivity contribution in [2.45, 2.75) is 19.5 Å². The zero-order chi connectivity index (χ0) is 17.9. The molecule has 1 fully saturated rings. The normalized spacial score (nSPS) is 19.0. The van der Waals surface area contributed by atoms with Gasteiger partial charge in [-0.25, -0.2) is 4.98 Å². The van der Waals surface area contributed by atoms with E-state index in [1.165, 1.54) is 0 Å². The van der Waals surface area contributed by atoms with Gasteiger partial charge in [-0.2, -0.15) is 0 Å². The monoisotopic (exact) mass is 374 g/mol. The summed E-state index contributed by atoms with van der Waals surface area (Å²) in [6, 6.07) is 6.55. The van der Waals surface area contributed by atoms with Crippen molar-refractivity contribution in [2.75, 3.05) is 46.6 Å². The van der Waals surface area contributed by atoms with Crippen molar-refractivity contribution in [3.63, 3.8) is 0 Å². The molecule has 0 radical (unpaired) electrons. The predicted octanol–water partition coefficient (Wildman–Crippen LogP) is 2.26. The predicted molar refractivity (Wildman–Crippen MR) is 104 cm³/mol. The third kappa shape index (κ3) is 4.01. The van der Waals surface area contributed by atoms with Gasteiger partial charge in [-0.15, -0.1) is 11.3 Å². The van der Waals surface area contributed by atoms with Crippen LogP contribution in [0.15, 0.2) is 23.6 Å². The van der Waals surface area contributed by atoms with Crippen LogP contribution >= 0.6 is 11.3 Å².